The number of rotatable bonds is 6. The van der Waals surface area contributed by atoms with Crippen molar-refractivity contribution in [2.24, 2.45) is 11.7 Å². The number of hydrogen-bond acceptors (Lipinski definition) is 4. The standard InChI is InChI=1S/C21H29N3O3/c1-21(2,27)10-9-16-6-3-7-17(14-16)20(26)23-11-5-13-24-12-4-8-18(15-24)19(22)25/h3,6-7,14,18,27H,4-5,8,11-13,15H2,1-2H3,(H2,22,25)(H,23,26)/t18-/m0/s1. The molecule has 1 aromatic rings. The molecule has 2 rings (SSSR count). The first-order valence-electron chi connectivity index (χ1n) is 9.40. The molecule has 1 fully saturated rings. The van der Waals surface area contributed by atoms with Crippen LogP contribution in [0.3, 0.4) is 0 Å². The molecule has 0 aromatic heterocycles. The van der Waals surface area contributed by atoms with Crippen LogP contribution in [0.25, 0.3) is 0 Å². The molecule has 27 heavy (non-hydrogen) atoms. The van der Waals surface area contributed by atoms with Crippen LogP contribution >= 0.6 is 0 Å². The van der Waals surface area contributed by atoms with E-state index in [0.717, 1.165) is 32.4 Å². The van der Waals surface area contributed by atoms with Crippen LogP contribution in [0.4, 0.5) is 0 Å². The zero-order valence-corrected chi connectivity index (χ0v) is 16.1. The Morgan fingerprint density at radius 1 is 1.41 bits per heavy atom. The van der Waals surface area contributed by atoms with Crippen molar-refractivity contribution in [1.29, 1.82) is 0 Å². The van der Waals surface area contributed by atoms with Gasteiger partial charge in [-0.2, -0.15) is 0 Å². The maximum Gasteiger partial charge on any atom is 0.251 e. The highest BCUT2D eigenvalue weighted by Crippen LogP contribution is 2.15. The fourth-order valence-electron chi connectivity index (χ4n) is 3.06. The first-order chi connectivity index (χ1) is 12.7. The van der Waals surface area contributed by atoms with Gasteiger partial charge in [0.15, 0.2) is 0 Å². The lowest BCUT2D eigenvalue weighted by molar-refractivity contribution is -0.123. The van der Waals surface area contributed by atoms with Crippen LogP contribution in [-0.2, 0) is 4.79 Å². The third-order valence-corrected chi connectivity index (χ3v) is 4.48. The zero-order chi connectivity index (χ0) is 19.9. The molecule has 1 saturated heterocycles. The highest BCUT2D eigenvalue weighted by molar-refractivity contribution is 5.94. The van der Waals surface area contributed by atoms with E-state index in [1.54, 1.807) is 38.1 Å². The predicted molar refractivity (Wildman–Crippen MR) is 105 cm³/mol. The van der Waals surface area contributed by atoms with Gasteiger partial charge in [0.05, 0.1) is 5.92 Å². The number of aliphatic hydroxyl groups is 1. The van der Waals surface area contributed by atoms with Crippen molar-refractivity contribution in [3.8, 4) is 11.8 Å². The maximum atomic E-state index is 12.3. The van der Waals surface area contributed by atoms with Gasteiger partial charge in [0.25, 0.3) is 5.91 Å². The van der Waals surface area contributed by atoms with Crippen LogP contribution < -0.4 is 11.1 Å². The van der Waals surface area contributed by atoms with E-state index >= 15 is 0 Å². The predicted octanol–water partition coefficient (Wildman–Crippen LogP) is 1.13. The number of nitrogens with zero attached hydrogens (tertiary/aromatic N) is 1. The molecule has 0 spiro atoms. The van der Waals surface area contributed by atoms with Crippen molar-refractivity contribution in [2.75, 3.05) is 26.2 Å². The van der Waals surface area contributed by atoms with Gasteiger partial charge in [0.1, 0.15) is 5.60 Å². The van der Waals surface area contributed by atoms with E-state index in [1.165, 1.54) is 0 Å². The minimum Gasteiger partial charge on any atom is -0.378 e. The molecule has 1 aliphatic rings. The molecule has 4 N–H and O–H groups in total. The van der Waals surface area contributed by atoms with E-state index in [9.17, 15) is 14.7 Å². The van der Waals surface area contributed by atoms with Gasteiger partial charge < -0.3 is 21.1 Å². The molecule has 2 amide bonds. The summed E-state index contributed by atoms with van der Waals surface area (Å²) in [6, 6.07) is 7.05. The molecule has 1 aromatic carbocycles. The van der Waals surface area contributed by atoms with Crippen LogP contribution in [0.15, 0.2) is 24.3 Å². The molecule has 1 atom stereocenters. The Labute approximate surface area is 161 Å². The van der Waals surface area contributed by atoms with E-state index in [4.69, 9.17) is 5.73 Å². The maximum absolute atomic E-state index is 12.3. The highest BCUT2D eigenvalue weighted by atomic mass is 16.3. The molecule has 0 unspecified atom stereocenters. The highest BCUT2D eigenvalue weighted by Gasteiger charge is 2.23. The Kier molecular flexibility index (Phi) is 7.40. The number of benzene rings is 1. The molecule has 0 aliphatic carbocycles. The Balaban J connectivity index is 1.79. The van der Waals surface area contributed by atoms with Gasteiger partial charge in [-0.1, -0.05) is 17.9 Å². The summed E-state index contributed by atoms with van der Waals surface area (Å²) in [7, 11) is 0. The van der Waals surface area contributed by atoms with Crippen LogP contribution in [0.2, 0.25) is 0 Å². The van der Waals surface area contributed by atoms with E-state index in [1.807, 2.05) is 0 Å². The lowest BCUT2D eigenvalue weighted by atomic mass is 9.97. The molecule has 1 heterocycles. The van der Waals surface area contributed by atoms with Crippen LogP contribution in [0, 0.1) is 17.8 Å². The van der Waals surface area contributed by atoms with Crippen molar-refractivity contribution in [3.63, 3.8) is 0 Å². The third kappa shape index (κ3) is 7.41. The number of nitrogens with two attached hydrogens (primary N) is 1. The fraction of sp³-hybridized carbons (Fsp3) is 0.524. The largest absolute Gasteiger partial charge is 0.378 e. The summed E-state index contributed by atoms with van der Waals surface area (Å²) in [4.78, 5) is 25.9. The Morgan fingerprint density at radius 2 is 2.19 bits per heavy atom. The number of primary amides is 1. The molecule has 6 heteroatoms. The quantitative estimate of drug-likeness (QED) is 0.516. The van der Waals surface area contributed by atoms with Crippen molar-refractivity contribution >= 4 is 11.8 Å². The minimum atomic E-state index is -1.07. The lowest BCUT2D eigenvalue weighted by Gasteiger charge is -2.31. The van der Waals surface area contributed by atoms with Crippen LogP contribution in [0.5, 0.6) is 0 Å². The third-order valence-electron chi connectivity index (χ3n) is 4.48. The molecule has 146 valence electrons. The van der Waals surface area contributed by atoms with Gasteiger partial charge in [-0.3, -0.25) is 9.59 Å². The molecule has 1 aliphatic heterocycles. The van der Waals surface area contributed by atoms with Gasteiger partial charge in [0, 0.05) is 24.2 Å². The van der Waals surface area contributed by atoms with E-state index in [2.05, 4.69) is 22.1 Å². The van der Waals surface area contributed by atoms with Crippen molar-refractivity contribution in [2.45, 2.75) is 38.7 Å². The summed E-state index contributed by atoms with van der Waals surface area (Å²) < 4.78 is 0. The zero-order valence-electron chi connectivity index (χ0n) is 16.1. The summed E-state index contributed by atoms with van der Waals surface area (Å²) in [5.41, 5.74) is 5.57. The number of carbonyl (C=O) groups excluding carboxylic acids is 2. The Morgan fingerprint density at radius 3 is 2.89 bits per heavy atom. The molecule has 0 bridgehead atoms. The molecular formula is C21H29N3O3. The number of likely N-dealkylation sites (tertiary alicyclic amines) is 1. The average Bonchev–Trinajstić information content (AvgIpc) is 2.63. The van der Waals surface area contributed by atoms with Crippen LogP contribution in [0.1, 0.15) is 49.0 Å². The Hall–Kier alpha value is -2.36. The topological polar surface area (TPSA) is 95.7 Å². The first kappa shape index (κ1) is 20.9. The molecule has 6 nitrogen and oxygen atoms in total. The number of carbonyl (C=O) groups is 2. The monoisotopic (exact) mass is 371 g/mol. The van der Waals surface area contributed by atoms with Gasteiger partial charge in [-0.05, 0) is 64.4 Å². The Bertz CT molecular complexity index is 728. The van der Waals surface area contributed by atoms with E-state index in [0.29, 0.717) is 24.2 Å². The fourth-order valence-corrected chi connectivity index (χ4v) is 3.06. The van der Waals surface area contributed by atoms with E-state index in [-0.39, 0.29) is 17.7 Å². The summed E-state index contributed by atoms with van der Waals surface area (Å²) in [6.45, 7) is 6.32. The van der Waals surface area contributed by atoms with Gasteiger partial charge in [-0.25, -0.2) is 0 Å². The molecule has 0 saturated carbocycles. The van der Waals surface area contributed by atoms with Crippen molar-refractivity contribution < 1.29 is 14.7 Å². The number of amides is 2. The average molecular weight is 371 g/mol. The van der Waals surface area contributed by atoms with Gasteiger partial charge >= 0.3 is 0 Å². The van der Waals surface area contributed by atoms with Crippen molar-refractivity contribution in [1.82, 2.24) is 10.2 Å². The van der Waals surface area contributed by atoms with E-state index < -0.39 is 5.60 Å². The molecular weight excluding hydrogens is 342 g/mol. The summed E-state index contributed by atoms with van der Waals surface area (Å²) in [5, 5.41) is 12.6. The summed E-state index contributed by atoms with van der Waals surface area (Å²) in [5.74, 6) is 5.20. The summed E-state index contributed by atoms with van der Waals surface area (Å²) in [6.07, 6.45) is 2.67. The van der Waals surface area contributed by atoms with Gasteiger partial charge in [0.2, 0.25) is 5.91 Å². The number of nitrogens with one attached hydrogen (secondary N) is 1. The van der Waals surface area contributed by atoms with Crippen LogP contribution in [-0.4, -0.2) is 53.6 Å². The second kappa shape index (κ2) is 9.54. The smallest absolute Gasteiger partial charge is 0.251 e. The minimum absolute atomic E-state index is 0.0545. The van der Waals surface area contributed by atoms with Gasteiger partial charge in [-0.15, -0.1) is 0 Å². The second-order valence-corrected chi connectivity index (χ2v) is 7.54. The molecule has 0 radical (unpaired) electrons. The SMILES string of the molecule is CC(C)(O)C#Cc1cccc(C(=O)NCCCN2CCC[C@H](C(N)=O)C2)c1. The first-order valence-corrected chi connectivity index (χ1v) is 9.40. The summed E-state index contributed by atoms with van der Waals surface area (Å²) >= 11 is 0. The second-order valence-electron chi connectivity index (χ2n) is 7.54. The number of hydrogen-bond donors (Lipinski definition) is 3. The van der Waals surface area contributed by atoms with Crippen molar-refractivity contribution in [3.05, 3.63) is 35.4 Å². The normalized spacial score (nSPS) is 17.7. The number of piperidine rings is 1. The lowest BCUT2D eigenvalue weighted by Crippen LogP contribution is -2.42.